The third-order valence-corrected chi connectivity index (χ3v) is 5.68. The monoisotopic (exact) mass is 462 g/mol. The number of carbonyl (C=O) groups is 3. The predicted molar refractivity (Wildman–Crippen MR) is 120 cm³/mol. The van der Waals surface area contributed by atoms with E-state index in [1.165, 1.54) is 0 Å². The Hall–Kier alpha value is -2.57. The maximum atomic E-state index is 12.7. The molecular formula is C23H24Cl2N2O4. The molecule has 0 unspecified atom stereocenters. The third-order valence-electron chi connectivity index (χ3n) is 5.13. The standard InChI is InChI=1S/C23H24Cl2N2O4/c1-16(28)2-3-17-4-7-19(8-5-17)31-15-22(29)26-10-12-27(13-11-26)23(30)20-9-6-18(24)14-21(20)25/h4-9,14H,2-3,10-13,15H2,1H3. The Morgan fingerprint density at radius 1 is 0.935 bits per heavy atom. The summed E-state index contributed by atoms with van der Waals surface area (Å²) in [6.07, 6.45) is 1.20. The van der Waals surface area contributed by atoms with Crippen LogP contribution in [0.15, 0.2) is 42.5 Å². The molecule has 8 heteroatoms. The predicted octanol–water partition coefficient (Wildman–Crippen LogP) is 3.88. The number of ether oxygens (including phenoxy) is 1. The summed E-state index contributed by atoms with van der Waals surface area (Å²) in [6, 6.07) is 12.2. The molecule has 1 aliphatic rings. The van der Waals surface area contributed by atoms with Crippen LogP contribution in [0.25, 0.3) is 0 Å². The summed E-state index contributed by atoms with van der Waals surface area (Å²) < 4.78 is 5.60. The van der Waals surface area contributed by atoms with Crippen molar-refractivity contribution < 1.29 is 19.1 Å². The van der Waals surface area contributed by atoms with Crippen molar-refractivity contribution in [3.63, 3.8) is 0 Å². The van der Waals surface area contributed by atoms with Gasteiger partial charge in [-0.05, 0) is 49.2 Å². The minimum Gasteiger partial charge on any atom is -0.484 e. The lowest BCUT2D eigenvalue weighted by Gasteiger charge is -2.34. The molecule has 0 radical (unpaired) electrons. The summed E-state index contributed by atoms with van der Waals surface area (Å²) >= 11 is 12.0. The molecule has 2 amide bonds. The third kappa shape index (κ3) is 6.45. The Labute approximate surface area is 191 Å². The molecule has 0 saturated carbocycles. The van der Waals surface area contributed by atoms with Crippen LogP contribution in [0.1, 0.15) is 29.3 Å². The van der Waals surface area contributed by atoms with E-state index < -0.39 is 0 Å². The number of aryl methyl sites for hydroxylation is 1. The van der Waals surface area contributed by atoms with Gasteiger partial charge in [0.2, 0.25) is 0 Å². The second kappa shape index (κ2) is 10.6. The number of rotatable bonds is 7. The van der Waals surface area contributed by atoms with E-state index in [-0.39, 0.29) is 24.2 Å². The van der Waals surface area contributed by atoms with Gasteiger partial charge >= 0.3 is 0 Å². The number of halogens is 2. The summed E-state index contributed by atoms with van der Waals surface area (Å²) in [5.74, 6) is 0.460. The molecule has 2 aromatic carbocycles. The summed E-state index contributed by atoms with van der Waals surface area (Å²) in [5, 5.41) is 0.791. The van der Waals surface area contributed by atoms with Crippen LogP contribution in [0.2, 0.25) is 10.0 Å². The maximum absolute atomic E-state index is 12.7. The van der Waals surface area contributed by atoms with Crippen molar-refractivity contribution in [3.8, 4) is 5.75 Å². The number of piperazine rings is 1. The fourth-order valence-corrected chi connectivity index (χ4v) is 3.79. The van der Waals surface area contributed by atoms with Crippen molar-refractivity contribution in [3.05, 3.63) is 63.6 Å². The van der Waals surface area contributed by atoms with Crippen LogP contribution in [-0.4, -0.2) is 60.2 Å². The van der Waals surface area contributed by atoms with E-state index in [9.17, 15) is 14.4 Å². The van der Waals surface area contributed by atoms with Crippen molar-refractivity contribution in [2.45, 2.75) is 19.8 Å². The number of Topliss-reactive ketones (excluding diaryl/α,β-unsaturated/α-hetero) is 1. The molecule has 1 heterocycles. The van der Waals surface area contributed by atoms with Crippen LogP contribution in [0.4, 0.5) is 0 Å². The van der Waals surface area contributed by atoms with E-state index in [2.05, 4.69) is 0 Å². The maximum Gasteiger partial charge on any atom is 0.260 e. The van der Waals surface area contributed by atoms with Gasteiger partial charge in [-0.25, -0.2) is 0 Å². The van der Waals surface area contributed by atoms with Gasteiger partial charge in [0, 0.05) is 37.6 Å². The van der Waals surface area contributed by atoms with Gasteiger partial charge in [0.15, 0.2) is 6.61 Å². The molecule has 164 valence electrons. The Morgan fingerprint density at radius 2 is 1.58 bits per heavy atom. The average Bonchev–Trinajstić information content (AvgIpc) is 2.76. The highest BCUT2D eigenvalue weighted by atomic mass is 35.5. The zero-order valence-electron chi connectivity index (χ0n) is 17.3. The van der Waals surface area contributed by atoms with Crippen molar-refractivity contribution in [2.24, 2.45) is 0 Å². The molecule has 0 bridgehead atoms. The Morgan fingerprint density at radius 3 is 2.19 bits per heavy atom. The number of hydrogen-bond acceptors (Lipinski definition) is 4. The van der Waals surface area contributed by atoms with Gasteiger partial charge in [-0.3, -0.25) is 9.59 Å². The van der Waals surface area contributed by atoms with Gasteiger partial charge in [0.05, 0.1) is 10.6 Å². The highest BCUT2D eigenvalue weighted by Gasteiger charge is 2.26. The van der Waals surface area contributed by atoms with E-state index >= 15 is 0 Å². The molecule has 2 aromatic rings. The number of hydrogen-bond donors (Lipinski definition) is 0. The first-order valence-electron chi connectivity index (χ1n) is 10.1. The molecule has 0 aliphatic carbocycles. The number of benzene rings is 2. The van der Waals surface area contributed by atoms with Gasteiger partial charge in [0.25, 0.3) is 11.8 Å². The highest BCUT2D eigenvalue weighted by molar-refractivity contribution is 6.36. The van der Waals surface area contributed by atoms with E-state index in [0.717, 1.165) is 5.56 Å². The molecule has 1 fully saturated rings. The van der Waals surface area contributed by atoms with Crippen LogP contribution >= 0.6 is 23.2 Å². The molecule has 0 aromatic heterocycles. The van der Waals surface area contributed by atoms with Crippen molar-refractivity contribution in [1.82, 2.24) is 9.80 Å². The minimum absolute atomic E-state index is 0.0657. The zero-order valence-corrected chi connectivity index (χ0v) is 18.8. The quantitative estimate of drug-likeness (QED) is 0.625. The largest absolute Gasteiger partial charge is 0.484 e. The van der Waals surface area contributed by atoms with Crippen LogP contribution in [0.5, 0.6) is 5.75 Å². The van der Waals surface area contributed by atoms with E-state index in [4.69, 9.17) is 27.9 Å². The highest BCUT2D eigenvalue weighted by Crippen LogP contribution is 2.23. The summed E-state index contributed by atoms with van der Waals surface area (Å²) in [6.45, 7) is 3.23. The summed E-state index contributed by atoms with van der Waals surface area (Å²) in [5.41, 5.74) is 1.45. The van der Waals surface area contributed by atoms with Gasteiger partial charge in [-0.2, -0.15) is 0 Å². The molecule has 3 rings (SSSR count). The van der Waals surface area contributed by atoms with Gasteiger partial charge in [-0.1, -0.05) is 35.3 Å². The Kier molecular flexibility index (Phi) is 7.93. The van der Waals surface area contributed by atoms with Crippen LogP contribution in [0, 0.1) is 0 Å². The van der Waals surface area contributed by atoms with Crippen LogP contribution in [-0.2, 0) is 16.0 Å². The number of carbonyl (C=O) groups excluding carboxylic acids is 3. The number of nitrogens with zero attached hydrogens (tertiary/aromatic N) is 2. The Bertz CT molecular complexity index is 955. The van der Waals surface area contributed by atoms with Crippen LogP contribution < -0.4 is 4.74 Å². The minimum atomic E-state index is -0.171. The first-order valence-corrected chi connectivity index (χ1v) is 10.8. The van der Waals surface area contributed by atoms with Crippen molar-refractivity contribution >= 4 is 40.8 Å². The van der Waals surface area contributed by atoms with E-state index in [0.29, 0.717) is 60.4 Å². The second-order valence-electron chi connectivity index (χ2n) is 7.43. The topological polar surface area (TPSA) is 66.9 Å². The summed E-state index contributed by atoms with van der Waals surface area (Å²) in [4.78, 5) is 39.6. The molecule has 1 aliphatic heterocycles. The van der Waals surface area contributed by atoms with Gasteiger partial charge < -0.3 is 19.3 Å². The van der Waals surface area contributed by atoms with E-state index in [1.807, 2.05) is 12.1 Å². The smallest absolute Gasteiger partial charge is 0.260 e. The zero-order chi connectivity index (χ0) is 22.4. The molecule has 0 N–H and O–H groups in total. The fraction of sp³-hybridized carbons (Fsp3) is 0.348. The lowest BCUT2D eigenvalue weighted by atomic mass is 10.1. The molecular weight excluding hydrogens is 439 g/mol. The first-order chi connectivity index (χ1) is 14.8. The van der Waals surface area contributed by atoms with Crippen molar-refractivity contribution in [2.75, 3.05) is 32.8 Å². The second-order valence-corrected chi connectivity index (χ2v) is 8.28. The Balaban J connectivity index is 1.46. The van der Waals surface area contributed by atoms with E-state index in [1.54, 1.807) is 47.1 Å². The molecule has 6 nitrogen and oxygen atoms in total. The molecule has 0 spiro atoms. The lowest BCUT2D eigenvalue weighted by Crippen LogP contribution is -2.51. The van der Waals surface area contributed by atoms with Gasteiger partial charge in [0.1, 0.15) is 11.5 Å². The number of ketones is 1. The first kappa shape index (κ1) is 23.1. The average molecular weight is 463 g/mol. The molecule has 0 atom stereocenters. The number of amides is 2. The fourth-order valence-electron chi connectivity index (χ4n) is 3.30. The molecule has 1 saturated heterocycles. The SMILES string of the molecule is CC(=O)CCc1ccc(OCC(=O)N2CCN(C(=O)c3ccc(Cl)cc3Cl)CC2)cc1. The lowest BCUT2D eigenvalue weighted by molar-refractivity contribution is -0.134. The van der Waals surface area contributed by atoms with Crippen molar-refractivity contribution in [1.29, 1.82) is 0 Å². The normalized spacial score (nSPS) is 13.8. The molecule has 31 heavy (non-hydrogen) atoms. The van der Waals surface area contributed by atoms with Gasteiger partial charge in [-0.15, -0.1) is 0 Å². The summed E-state index contributed by atoms with van der Waals surface area (Å²) in [7, 11) is 0. The van der Waals surface area contributed by atoms with Crippen LogP contribution in [0.3, 0.4) is 0 Å².